The number of hydrogen-bond donors (Lipinski definition) is 1. The lowest BCUT2D eigenvalue weighted by atomic mass is 10.3. The van der Waals surface area contributed by atoms with Gasteiger partial charge >= 0.3 is 0 Å². The lowest BCUT2D eigenvalue weighted by Gasteiger charge is -1.89. The van der Waals surface area contributed by atoms with Gasteiger partial charge in [0.25, 0.3) is 0 Å². The Balaban J connectivity index is 2.52. The topological polar surface area (TPSA) is 37.8 Å². The molecule has 0 spiro atoms. The first-order valence-electron chi connectivity index (χ1n) is 3.94. The molecule has 0 bridgehead atoms. The number of halogens is 1. The summed E-state index contributed by atoms with van der Waals surface area (Å²) in [4.78, 5) is 7.63. The molecule has 0 fully saturated rings. The minimum absolute atomic E-state index is 0.251. The molecule has 0 aromatic carbocycles. The Bertz CT molecular complexity index is 310. The van der Waals surface area contributed by atoms with Gasteiger partial charge in [0.05, 0.1) is 5.56 Å². The summed E-state index contributed by atoms with van der Waals surface area (Å²) in [7, 11) is 1.90. The van der Waals surface area contributed by atoms with Crippen LogP contribution in [-0.2, 0) is 0 Å². The number of aromatic nitrogens is 2. The maximum absolute atomic E-state index is 5.52. The summed E-state index contributed by atoms with van der Waals surface area (Å²) in [6.07, 6.45) is 4.04. The van der Waals surface area contributed by atoms with E-state index in [0.29, 0.717) is 0 Å². The Morgan fingerprint density at radius 1 is 1.46 bits per heavy atom. The summed E-state index contributed by atoms with van der Waals surface area (Å²) in [5.41, 5.74) is 0.792. The summed E-state index contributed by atoms with van der Waals surface area (Å²) in [5, 5.41) is 3.26. The van der Waals surface area contributed by atoms with Crippen molar-refractivity contribution in [1.82, 2.24) is 15.3 Å². The van der Waals surface area contributed by atoms with E-state index in [2.05, 4.69) is 27.1 Å². The maximum atomic E-state index is 5.52. The van der Waals surface area contributed by atoms with Gasteiger partial charge in [-0.1, -0.05) is 11.8 Å². The molecule has 68 valence electrons. The van der Waals surface area contributed by atoms with Gasteiger partial charge in [-0.2, -0.15) is 0 Å². The lowest BCUT2D eigenvalue weighted by molar-refractivity contribution is 0.818. The molecule has 0 saturated heterocycles. The molecule has 0 aliphatic heterocycles. The van der Waals surface area contributed by atoms with Crippen molar-refractivity contribution in [2.45, 2.75) is 6.42 Å². The van der Waals surface area contributed by atoms with Gasteiger partial charge in [0.2, 0.25) is 5.28 Å². The van der Waals surface area contributed by atoms with E-state index in [1.165, 1.54) is 0 Å². The first-order valence-corrected chi connectivity index (χ1v) is 4.32. The molecular weight excluding hydrogens is 186 g/mol. The van der Waals surface area contributed by atoms with Crippen LogP contribution in [0.4, 0.5) is 0 Å². The molecule has 1 aromatic heterocycles. The minimum Gasteiger partial charge on any atom is -0.319 e. The number of nitrogens with one attached hydrogen (secondary N) is 1. The van der Waals surface area contributed by atoms with Crippen molar-refractivity contribution in [1.29, 1.82) is 0 Å². The van der Waals surface area contributed by atoms with Gasteiger partial charge in [-0.3, -0.25) is 0 Å². The normalized spacial score (nSPS) is 9.08. The van der Waals surface area contributed by atoms with Crippen molar-refractivity contribution < 1.29 is 0 Å². The van der Waals surface area contributed by atoms with E-state index < -0.39 is 0 Å². The molecule has 0 atom stereocenters. The first kappa shape index (κ1) is 9.97. The third-order valence-corrected chi connectivity index (χ3v) is 1.55. The van der Waals surface area contributed by atoms with Gasteiger partial charge in [-0.05, 0) is 18.6 Å². The van der Waals surface area contributed by atoms with Crippen molar-refractivity contribution in [3.63, 3.8) is 0 Å². The molecule has 0 saturated carbocycles. The van der Waals surface area contributed by atoms with E-state index in [0.717, 1.165) is 18.5 Å². The Morgan fingerprint density at radius 3 is 2.77 bits per heavy atom. The molecule has 1 aromatic rings. The zero-order valence-electron chi connectivity index (χ0n) is 7.34. The van der Waals surface area contributed by atoms with Crippen LogP contribution < -0.4 is 5.32 Å². The smallest absolute Gasteiger partial charge is 0.222 e. The summed E-state index contributed by atoms with van der Waals surface area (Å²) >= 11 is 5.52. The molecule has 1 heterocycles. The molecule has 0 aliphatic rings. The summed E-state index contributed by atoms with van der Waals surface area (Å²) < 4.78 is 0. The molecule has 1 rings (SSSR count). The monoisotopic (exact) mass is 195 g/mol. The molecule has 0 unspecified atom stereocenters. The third kappa shape index (κ3) is 3.88. The van der Waals surface area contributed by atoms with Crippen molar-refractivity contribution in [2.24, 2.45) is 0 Å². The van der Waals surface area contributed by atoms with Crippen LogP contribution in [0.5, 0.6) is 0 Å². The highest BCUT2D eigenvalue weighted by Gasteiger charge is 1.88. The van der Waals surface area contributed by atoms with E-state index in [-0.39, 0.29) is 5.28 Å². The van der Waals surface area contributed by atoms with Gasteiger partial charge in [-0.25, -0.2) is 9.97 Å². The van der Waals surface area contributed by atoms with Gasteiger partial charge in [-0.15, -0.1) is 0 Å². The fourth-order valence-electron chi connectivity index (χ4n) is 0.729. The van der Waals surface area contributed by atoms with Crippen molar-refractivity contribution in [3.05, 3.63) is 23.2 Å². The molecule has 4 heteroatoms. The van der Waals surface area contributed by atoms with Crippen molar-refractivity contribution in [3.8, 4) is 11.8 Å². The molecule has 0 radical (unpaired) electrons. The maximum Gasteiger partial charge on any atom is 0.222 e. The molecular formula is C9H10ClN3. The van der Waals surface area contributed by atoms with Crippen LogP contribution in [0, 0.1) is 11.8 Å². The Labute approximate surface area is 82.5 Å². The Kier molecular flexibility index (Phi) is 4.24. The second-order valence-electron chi connectivity index (χ2n) is 2.40. The van der Waals surface area contributed by atoms with Crippen LogP contribution in [0.2, 0.25) is 5.28 Å². The molecule has 13 heavy (non-hydrogen) atoms. The SMILES string of the molecule is CNCCC#Cc1cnc(Cl)nc1. The Morgan fingerprint density at radius 2 is 2.15 bits per heavy atom. The molecule has 1 N–H and O–H groups in total. The summed E-state index contributed by atoms with van der Waals surface area (Å²) in [5.74, 6) is 5.92. The summed E-state index contributed by atoms with van der Waals surface area (Å²) in [6.45, 7) is 0.890. The van der Waals surface area contributed by atoms with Crippen molar-refractivity contribution in [2.75, 3.05) is 13.6 Å². The van der Waals surface area contributed by atoms with Gasteiger partial charge in [0.1, 0.15) is 0 Å². The highest BCUT2D eigenvalue weighted by Crippen LogP contribution is 1.98. The van der Waals surface area contributed by atoms with Gasteiger partial charge < -0.3 is 5.32 Å². The van der Waals surface area contributed by atoms with E-state index in [1.807, 2.05) is 7.05 Å². The lowest BCUT2D eigenvalue weighted by Crippen LogP contribution is -2.05. The highest BCUT2D eigenvalue weighted by atomic mass is 35.5. The Hall–Kier alpha value is -1.11. The van der Waals surface area contributed by atoms with Crippen LogP contribution in [0.1, 0.15) is 12.0 Å². The first-order chi connectivity index (χ1) is 6.33. The predicted octanol–water partition coefficient (Wildman–Crippen LogP) is 1.09. The minimum atomic E-state index is 0.251. The summed E-state index contributed by atoms with van der Waals surface area (Å²) in [6, 6.07) is 0. The third-order valence-electron chi connectivity index (χ3n) is 1.35. The standard InChI is InChI=1S/C9H10ClN3/c1-11-5-3-2-4-8-6-12-9(10)13-7-8/h6-7,11H,3,5H2,1H3. The van der Waals surface area contributed by atoms with Gasteiger partial charge in [0, 0.05) is 25.4 Å². The van der Waals surface area contributed by atoms with Crippen LogP contribution in [-0.4, -0.2) is 23.6 Å². The van der Waals surface area contributed by atoms with E-state index in [9.17, 15) is 0 Å². The van der Waals surface area contributed by atoms with Crippen LogP contribution in [0.3, 0.4) is 0 Å². The van der Waals surface area contributed by atoms with E-state index >= 15 is 0 Å². The fraction of sp³-hybridized carbons (Fsp3) is 0.333. The number of rotatable bonds is 2. The molecule has 0 aliphatic carbocycles. The van der Waals surface area contributed by atoms with Crippen LogP contribution >= 0.6 is 11.6 Å². The largest absolute Gasteiger partial charge is 0.319 e. The zero-order chi connectivity index (χ0) is 9.52. The second kappa shape index (κ2) is 5.52. The van der Waals surface area contributed by atoms with E-state index in [1.54, 1.807) is 12.4 Å². The average Bonchev–Trinajstić information content (AvgIpc) is 2.15. The quantitative estimate of drug-likeness (QED) is 0.436. The van der Waals surface area contributed by atoms with Crippen LogP contribution in [0.15, 0.2) is 12.4 Å². The van der Waals surface area contributed by atoms with Crippen molar-refractivity contribution >= 4 is 11.6 Å². The zero-order valence-corrected chi connectivity index (χ0v) is 8.10. The highest BCUT2D eigenvalue weighted by molar-refractivity contribution is 6.28. The van der Waals surface area contributed by atoms with Gasteiger partial charge in [0.15, 0.2) is 0 Å². The van der Waals surface area contributed by atoms with Crippen LogP contribution in [0.25, 0.3) is 0 Å². The predicted molar refractivity (Wildman–Crippen MR) is 52.5 cm³/mol. The number of nitrogens with zero attached hydrogens (tertiary/aromatic N) is 2. The average molecular weight is 196 g/mol. The number of hydrogen-bond acceptors (Lipinski definition) is 3. The fourth-order valence-corrected chi connectivity index (χ4v) is 0.826. The van der Waals surface area contributed by atoms with E-state index in [4.69, 9.17) is 11.6 Å². The molecule has 3 nitrogen and oxygen atoms in total. The molecule has 0 amide bonds. The second-order valence-corrected chi connectivity index (χ2v) is 2.73.